The van der Waals surface area contributed by atoms with Gasteiger partial charge in [-0.2, -0.15) is 0 Å². The van der Waals surface area contributed by atoms with Gasteiger partial charge >= 0.3 is 11.9 Å². The topological polar surface area (TPSA) is 78.0 Å². The number of anilines is 1. The number of esters is 2. The highest BCUT2D eigenvalue weighted by molar-refractivity contribution is 5.91. The molecule has 0 atom stereocenters. The van der Waals surface area contributed by atoms with Gasteiger partial charge in [0.2, 0.25) is 0 Å². The van der Waals surface area contributed by atoms with Gasteiger partial charge in [0.15, 0.2) is 5.69 Å². The predicted octanol–water partition coefficient (Wildman–Crippen LogP) is 2.31. The van der Waals surface area contributed by atoms with Crippen LogP contribution in [0.15, 0.2) is 42.6 Å². The Hall–Kier alpha value is -2.93. The second-order valence-corrected chi connectivity index (χ2v) is 5.63. The van der Waals surface area contributed by atoms with E-state index in [1.165, 1.54) is 0 Å². The third-order valence-corrected chi connectivity index (χ3v) is 3.90. The molecular weight excluding hydrogens is 336 g/mol. The lowest BCUT2D eigenvalue weighted by molar-refractivity contribution is 0.0526. The van der Waals surface area contributed by atoms with Crippen molar-refractivity contribution >= 4 is 17.6 Å². The summed E-state index contributed by atoms with van der Waals surface area (Å²) in [7, 11) is 0. The minimum Gasteiger partial charge on any atom is -0.462 e. The van der Waals surface area contributed by atoms with Crippen molar-refractivity contribution < 1.29 is 23.8 Å². The van der Waals surface area contributed by atoms with Gasteiger partial charge in [-0.1, -0.05) is 0 Å². The molecule has 1 fully saturated rings. The van der Waals surface area contributed by atoms with Crippen LogP contribution in [0.25, 0.3) is 0 Å². The average molecular weight is 356 g/mol. The summed E-state index contributed by atoms with van der Waals surface area (Å²) in [6, 6.07) is 9.78. The second kappa shape index (κ2) is 8.44. The van der Waals surface area contributed by atoms with E-state index in [2.05, 4.69) is 9.88 Å². The zero-order valence-electron chi connectivity index (χ0n) is 14.5. The zero-order chi connectivity index (χ0) is 18.4. The van der Waals surface area contributed by atoms with E-state index in [1.807, 2.05) is 6.07 Å². The molecule has 1 aliphatic rings. The molecule has 0 aliphatic carbocycles. The molecular formula is C19H20N2O5. The molecule has 1 aromatic carbocycles. The molecule has 7 nitrogen and oxygen atoms in total. The van der Waals surface area contributed by atoms with Crippen LogP contribution in [0, 0.1) is 0 Å². The van der Waals surface area contributed by atoms with Crippen molar-refractivity contribution in [1.82, 2.24) is 4.98 Å². The SMILES string of the molecule is CCOC(=O)c1ccc(OC(=O)c2cc(N3CCOCC3)ccn2)cc1. The molecule has 3 rings (SSSR count). The first-order valence-electron chi connectivity index (χ1n) is 8.45. The number of benzene rings is 1. The van der Waals surface area contributed by atoms with E-state index in [0.717, 1.165) is 18.8 Å². The van der Waals surface area contributed by atoms with Crippen LogP contribution in [0.2, 0.25) is 0 Å². The maximum atomic E-state index is 12.4. The number of aromatic nitrogens is 1. The van der Waals surface area contributed by atoms with Crippen molar-refractivity contribution in [3.05, 3.63) is 53.9 Å². The summed E-state index contributed by atoms with van der Waals surface area (Å²) in [6.07, 6.45) is 1.59. The van der Waals surface area contributed by atoms with E-state index in [1.54, 1.807) is 43.5 Å². The molecule has 26 heavy (non-hydrogen) atoms. The lowest BCUT2D eigenvalue weighted by atomic mass is 10.2. The van der Waals surface area contributed by atoms with Crippen molar-refractivity contribution in [1.29, 1.82) is 0 Å². The molecule has 0 unspecified atom stereocenters. The molecule has 1 aliphatic heterocycles. The molecule has 2 heterocycles. The first-order valence-corrected chi connectivity index (χ1v) is 8.45. The van der Waals surface area contributed by atoms with Gasteiger partial charge in [0.05, 0.1) is 25.4 Å². The Morgan fingerprint density at radius 2 is 1.85 bits per heavy atom. The molecule has 0 amide bonds. The summed E-state index contributed by atoms with van der Waals surface area (Å²) in [6.45, 7) is 4.91. The van der Waals surface area contributed by atoms with Gasteiger partial charge in [0, 0.05) is 25.0 Å². The van der Waals surface area contributed by atoms with Crippen molar-refractivity contribution in [3.8, 4) is 5.75 Å². The van der Waals surface area contributed by atoms with Gasteiger partial charge in [-0.3, -0.25) is 0 Å². The van der Waals surface area contributed by atoms with Gasteiger partial charge in [-0.25, -0.2) is 14.6 Å². The molecule has 0 N–H and O–H groups in total. The van der Waals surface area contributed by atoms with E-state index in [-0.39, 0.29) is 5.69 Å². The number of carbonyl (C=O) groups is 2. The summed E-state index contributed by atoms with van der Waals surface area (Å²) < 4.78 is 15.6. The fourth-order valence-electron chi connectivity index (χ4n) is 2.58. The van der Waals surface area contributed by atoms with Crippen molar-refractivity contribution in [2.75, 3.05) is 37.8 Å². The van der Waals surface area contributed by atoms with Gasteiger partial charge in [0.25, 0.3) is 0 Å². The Labute approximate surface area is 151 Å². The molecule has 1 aromatic heterocycles. The van der Waals surface area contributed by atoms with E-state index >= 15 is 0 Å². The standard InChI is InChI=1S/C19H20N2O5/c1-2-25-18(22)14-3-5-16(6-4-14)26-19(23)17-13-15(7-8-20-17)21-9-11-24-12-10-21/h3-8,13H,2,9-12H2,1H3. The van der Waals surface area contributed by atoms with Gasteiger partial charge in [-0.15, -0.1) is 0 Å². The Morgan fingerprint density at radius 3 is 2.54 bits per heavy atom. The van der Waals surface area contributed by atoms with Crippen LogP contribution in [0.3, 0.4) is 0 Å². The highest BCUT2D eigenvalue weighted by Gasteiger charge is 2.16. The number of hydrogen-bond donors (Lipinski definition) is 0. The predicted molar refractivity (Wildman–Crippen MR) is 94.6 cm³/mol. The maximum absolute atomic E-state index is 12.4. The zero-order valence-corrected chi connectivity index (χ0v) is 14.5. The molecule has 7 heteroatoms. The largest absolute Gasteiger partial charge is 0.462 e. The summed E-state index contributed by atoms with van der Waals surface area (Å²) in [5, 5.41) is 0. The summed E-state index contributed by atoms with van der Waals surface area (Å²) in [5.74, 6) is -0.629. The van der Waals surface area contributed by atoms with E-state index in [4.69, 9.17) is 14.2 Å². The van der Waals surface area contributed by atoms with Crippen LogP contribution in [0.1, 0.15) is 27.8 Å². The molecule has 136 valence electrons. The number of carbonyl (C=O) groups excluding carboxylic acids is 2. The lowest BCUT2D eigenvalue weighted by Crippen LogP contribution is -2.36. The highest BCUT2D eigenvalue weighted by atomic mass is 16.5. The third-order valence-electron chi connectivity index (χ3n) is 3.90. The van der Waals surface area contributed by atoms with Gasteiger partial charge in [0.1, 0.15) is 5.75 Å². The monoisotopic (exact) mass is 356 g/mol. The second-order valence-electron chi connectivity index (χ2n) is 5.63. The van der Waals surface area contributed by atoms with Crippen LogP contribution < -0.4 is 9.64 Å². The van der Waals surface area contributed by atoms with Crippen LogP contribution in [-0.2, 0) is 9.47 Å². The smallest absolute Gasteiger partial charge is 0.362 e. The quantitative estimate of drug-likeness (QED) is 0.601. The molecule has 1 saturated heterocycles. The third kappa shape index (κ3) is 4.37. The Balaban J connectivity index is 1.67. The summed E-state index contributed by atoms with van der Waals surface area (Å²) in [4.78, 5) is 30.2. The van der Waals surface area contributed by atoms with E-state index in [9.17, 15) is 9.59 Å². The van der Waals surface area contributed by atoms with Crippen molar-refractivity contribution in [2.24, 2.45) is 0 Å². The average Bonchev–Trinajstić information content (AvgIpc) is 2.69. The number of hydrogen-bond acceptors (Lipinski definition) is 7. The summed E-state index contributed by atoms with van der Waals surface area (Å²) >= 11 is 0. The van der Waals surface area contributed by atoms with Crippen molar-refractivity contribution in [3.63, 3.8) is 0 Å². The Morgan fingerprint density at radius 1 is 1.12 bits per heavy atom. The van der Waals surface area contributed by atoms with Crippen LogP contribution in [0.5, 0.6) is 5.75 Å². The Kier molecular flexibility index (Phi) is 5.80. The fraction of sp³-hybridized carbons (Fsp3) is 0.316. The number of morpholine rings is 1. The molecule has 0 saturated carbocycles. The first kappa shape index (κ1) is 17.9. The van der Waals surface area contributed by atoms with Gasteiger partial charge < -0.3 is 19.1 Å². The summed E-state index contributed by atoms with van der Waals surface area (Å²) in [5.41, 5.74) is 1.54. The number of rotatable bonds is 5. The minimum absolute atomic E-state index is 0.225. The van der Waals surface area contributed by atoms with Gasteiger partial charge in [-0.05, 0) is 43.3 Å². The fourth-order valence-corrected chi connectivity index (χ4v) is 2.58. The Bertz CT molecular complexity index is 770. The van der Waals surface area contributed by atoms with Crippen LogP contribution in [0.4, 0.5) is 5.69 Å². The number of ether oxygens (including phenoxy) is 3. The number of pyridine rings is 1. The minimum atomic E-state index is -0.552. The normalized spacial score (nSPS) is 14.0. The molecule has 0 bridgehead atoms. The maximum Gasteiger partial charge on any atom is 0.362 e. The molecule has 2 aromatic rings. The van der Waals surface area contributed by atoms with Crippen LogP contribution in [-0.4, -0.2) is 49.8 Å². The van der Waals surface area contributed by atoms with Crippen LogP contribution >= 0.6 is 0 Å². The first-order chi connectivity index (χ1) is 12.7. The molecule has 0 spiro atoms. The highest BCUT2D eigenvalue weighted by Crippen LogP contribution is 2.18. The lowest BCUT2D eigenvalue weighted by Gasteiger charge is -2.28. The van der Waals surface area contributed by atoms with E-state index in [0.29, 0.717) is 31.1 Å². The van der Waals surface area contributed by atoms with E-state index < -0.39 is 11.9 Å². The number of nitrogens with zero attached hydrogens (tertiary/aromatic N) is 2. The van der Waals surface area contributed by atoms with Crippen molar-refractivity contribution in [2.45, 2.75) is 6.92 Å². The molecule has 0 radical (unpaired) electrons.